The molecule has 1 rings (SSSR count). The highest BCUT2D eigenvalue weighted by Gasteiger charge is 2.13. The fraction of sp³-hybridized carbons (Fsp3) is 0.545. The van der Waals surface area contributed by atoms with Crippen molar-refractivity contribution in [2.45, 2.75) is 19.5 Å². The highest BCUT2D eigenvalue weighted by atomic mass is 16.4. The molecule has 0 radical (unpaired) electrons. The molecule has 1 aromatic rings. The number of carbonyl (C=O) groups is 1. The Labute approximate surface area is 95.0 Å². The van der Waals surface area contributed by atoms with Gasteiger partial charge in [0.25, 0.3) is 0 Å². The van der Waals surface area contributed by atoms with E-state index in [9.17, 15) is 4.79 Å². The summed E-state index contributed by atoms with van der Waals surface area (Å²) in [6.45, 7) is 3.41. The van der Waals surface area contributed by atoms with E-state index in [1.807, 2.05) is 14.1 Å². The number of nitrogens with one attached hydrogen (secondary N) is 1. The van der Waals surface area contributed by atoms with Gasteiger partial charge in [0, 0.05) is 24.7 Å². The maximum absolute atomic E-state index is 10.8. The van der Waals surface area contributed by atoms with E-state index in [1.165, 1.54) is 6.26 Å². The van der Waals surface area contributed by atoms with Crippen LogP contribution in [0.2, 0.25) is 0 Å². The van der Waals surface area contributed by atoms with Crippen LogP contribution in [0.15, 0.2) is 16.7 Å². The van der Waals surface area contributed by atoms with Crippen LogP contribution in [0.5, 0.6) is 0 Å². The van der Waals surface area contributed by atoms with Crippen LogP contribution in [0.25, 0.3) is 0 Å². The zero-order chi connectivity index (χ0) is 12.1. The first kappa shape index (κ1) is 12.7. The normalized spacial score (nSPS) is 13.0. The quantitative estimate of drug-likeness (QED) is 0.758. The number of carboxylic acid groups (broad SMARTS) is 1. The van der Waals surface area contributed by atoms with Crippen LogP contribution in [-0.4, -0.2) is 42.7 Å². The minimum atomic E-state index is -1.03. The topological polar surface area (TPSA) is 65.7 Å². The van der Waals surface area contributed by atoms with Gasteiger partial charge in [-0.25, -0.2) is 4.79 Å². The summed E-state index contributed by atoms with van der Waals surface area (Å²) in [6, 6.07) is 2.08. The van der Waals surface area contributed by atoms with Gasteiger partial charge in [0.05, 0.1) is 6.26 Å². The molecule has 16 heavy (non-hydrogen) atoms. The number of aromatic carboxylic acids is 1. The Morgan fingerprint density at radius 3 is 2.88 bits per heavy atom. The third-order valence-corrected chi connectivity index (χ3v) is 2.58. The molecule has 1 atom stereocenters. The summed E-state index contributed by atoms with van der Waals surface area (Å²) in [4.78, 5) is 12.9. The van der Waals surface area contributed by atoms with Gasteiger partial charge in [0.2, 0.25) is 5.76 Å². The molecule has 0 aliphatic heterocycles. The molecule has 2 N–H and O–H groups in total. The Balaban J connectivity index is 2.43. The van der Waals surface area contributed by atoms with E-state index < -0.39 is 5.97 Å². The number of furan rings is 1. The Hall–Kier alpha value is -1.33. The van der Waals surface area contributed by atoms with E-state index in [-0.39, 0.29) is 5.76 Å². The average Bonchev–Trinajstić information content (AvgIpc) is 2.65. The van der Waals surface area contributed by atoms with Crippen molar-refractivity contribution in [2.24, 2.45) is 0 Å². The van der Waals surface area contributed by atoms with Gasteiger partial charge >= 0.3 is 5.97 Å². The first-order valence-electron chi connectivity index (χ1n) is 5.19. The lowest BCUT2D eigenvalue weighted by atomic mass is 10.2. The molecule has 5 heteroatoms. The van der Waals surface area contributed by atoms with E-state index in [2.05, 4.69) is 17.1 Å². The minimum absolute atomic E-state index is 0.0185. The fourth-order valence-corrected chi connectivity index (χ4v) is 1.26. The Morgan fingerprint density at radius 2 is 2.31 bits per heavy atom. The number of hydrogen-bond donors (Lipinski definition) is 2. The number of rotatable bonds is 6. The molecule has 0 spiro atoms. The van der Waals surface area contributed by atoms with Gasteiger partial charge in [0.1, 0.15) is 0 Å². The Morgan fingerprint density at radius 1 is 1.62 bits per heavy atom. The SMILES string of the molecule is CC(CNCc1ccoc1C(=O)O)N(C)C. The van der Waals surface area contributed by atoms with Crippen LogP contribution in [0, 0.1) is 0 Å². The van der Waals surface area contributed by atoms with Crippen molar-refractivity contribution < 1.29 is 14.3 Å². The molecule has 0 saturated heterocycles. The first-order chi connectivity index (χ1) is 7.52. The Bertz CT molecular complexity index is 347. The first-order valence-corrected chi connectivity index (χ1v) is 5.19. The third-order valence-electron chi connectivity index (χ3n) is 2.58. The average molecular weight is 226 g/mol. The predicted molar refractivity (Wildman–Crippen MR) is 60.5 cm³/mol. The largest absolute Gasteiger partial charge is 0.475 e. The molecular formula is C11H18N2O3. The van der Waals surface area contributed by atoms with E-state index in [0.717, 1.165) is 6.54 Å². The van der Waals surface area contributed by atoms with Crippen molar-refractivity contribution in [2.75, 3.05) is 20.6 Å². The molecular weight excluding hydrogens is 208 g/mol. The van der Waals surface area contributed by atoms with Crippen molar-refractivity contribution in [3.05, 3.63) is 23.7 Å². The predicted octanol–water partition coefficient (Wildman–Crippen LogP) is 1.02. The van der Waals surface area contributed by atoms with Crippen molar-refractivity contribution in [3.63, 3.8) is 0 Å². The van der Waals surface area contributed by atoms with Crippen molar-refractivity contribution in [3.8, 4) is 0 Å². The van der Waals surface area contributed by atoms with Crippen LogP contribution in [-0.2, 0) is 6.54 Å². The zero-order valence-corrected chi connectivity index (χ0v) is 9.86. The fourth-order valence-electron chi connectivity index (χ4n) is 1.26. The zero-order valence-electron chi connectivity index (χ0n) is 9.86. The lowest BCUT2D eigenvalue weighted by molar-refractivity contribution is 0.0660. The summed E-state index contributed by atoms with van der Waals surface area (Å²) < 4.78 is 4.88. The molecule has 0 amide bonds. The van der Waals surface area contributed by atoms with E-state index in [1.54, 1.807) is 6.07 Å². The maximum atomic E-state index is 10.8. The van der Waals surface area contributed by atoms with Crippen LogP contribution in [0.3, 0.4) is 0 Å². The molecule has 5 nitrogen and oxygen atoms in total. The summed E-state index contributed by atoms with van der Waals surface area (Å²) in [7, 11) is 4.01. The maximum Gasteiger partial charge on any atom is 0.372 e. The summed E-state index contributed by atoms with van der Waals surface area (Å²) >= 11 is 0. The van der Waals surface area contributed by atoms with Crippen LogP contribution in [0.1, 0.15) is 23.0 Å². The van der Waals surface area contributed by atoms with Crippen LogP contribution in [0.4, 0.5) is 0 Å². The van der Waals surface area contributed by atoms with Crippen molar-refractivity contribution in [1.29, 1.82) is 0 Å². The molecule has 1 unspecified atom stereocenters. The molecule has 0 aromatic carbocycles. The van der Waals surface area contributed by atoms with Crippen molar-refractivity contribution in [1.82, 2.24) is 10.2 Å². The summed E-state index contributed by atoms with van der Waals surface area (Å²) in [5.74, 6) is -1.01. The second-order valence-corrected chi connectivity index (χ2v) is 4.02. The second kappa shape index (κ2) is 5.67. The summed E-state index contributed by atoms with van der Waals surface area (Å²) in [5.41, 5.74) is 0.679. The van der Waals surface area contributed by atoms with Gasteiger partial charge in [-0.15, -0.1) is 0 Å². The molecule has 0 bridgehead atoms. The standard InChI is InChI=1S/C11H18N2O3/c1-8(13(2)3)6-12-7-9-4-5-16-10(9)11(14)15/h4-5,8,12H,6-7H2,1-3H3,(H,14,15). The van der Waals surface area contributed by atoms with Gasteiger partial charge in [0.15, 0.2) is 0 Å². The third kappa shape index (κ3) is 3.36. The summed E-state index contributed by atoms with van der Waals surface area (Å²) in [6.07, 6.45) is 1.40. The second-order valence-electron chi connectivity index (χ2n) is 4.02. The molecule has 0 fully saturated rings. The van der Waals surface area contributed by atoms with Gasteiger partial charge in [-0.1, -0.05) is 0 Å². The molecule has 0 aliphatic carbocycles. The minimum Gasteiger partial charge on any atom is -0.475 e. The molecule has 90 valence electrons. The van der Waals surface area contributed by atoms with Crippen LogP contribution < -0.4 is 5.32 Å². The number of nitrogens with zero attached hydrogens (tertiary/aromatic N) is 1. The highest BCUT2D eigenvalue weighted by molar-refractivity contribution is 5.86. The lowest BCUT2D eigenvalue weighted by Gasteiger charge is -2.19. The molecule has 0 aliphatic rings. The van der Waals surface area contributed by atoms with E-state index in [4.69, 9.17) is 9.52 Å². The molecule has 1 heterocycles. The molecule has 0 saturated carbocycles. The monoisotopic (exact) mass is 226 g/mol. The number of hydrogen-bond acceptors (Lipinski definition) is 4. The highest BCUT2D eigenvalue weighted by Crippen LogP contribution is 2.09. The van der Waals surface area contributed by atoms with Gasteiger partial charge in [-0.3, -0.25) is 0 Å². The van der Waals surface area contributed by atoms with E-state index in [0.29, 0.717) is 18.2 Å². The summed E-state index contributed by atoms with van der Waals surface area (Å²) in [5, 5.41) is 12.0. The number of carboxylic acids is 1. The van der Waals surface area contributed by atoms with Gasteiger partial charge in [-0.2, -0.15) is 0 Å². The van der Waals surface area contributed by atoms with Crippen LogP contribution >= 0.6 is 0 Å². The lowest BCUT2D eigenvalue weighted by Crippen LogP contribution is -2.35. The number of likely N-dealkylation sites (N-methyl/N-ethyl adjacent to an activating group) is 1. The molecule has 1 aromatic heterocycles. The Kier molecular flexibility index (Phi) is 4.52. The van der Waals surface area contributed by atoms with Gasteiger partial charge in [-0.05, 0) is 27.1 Å². The van der Waals surface area contributed by atoms with Crippen molar-refractivity contribution >= 4 is 5.97 Å². The smallest absolute Gasteiger partial charge is 0.372 e. The van der Waals surface area contributed by atoms with E-state index >= 15 is 0 Å². The van der Waals surface area contributed by atoms with Gasteiger partial charge < -0.3 is 19.7 Å².